The van der Waals surface area contributed by atoms with Gasteiger partial charge in [-0.2, -0.15) is 0 Å². The van der Waals surface area contributed by atoms with E-state index in [4.69, 9.17) is 0 Å². The fourth-order valence-electron chi connectivity index (χ4n) is 2.05. The van der Waals surface area contributed by atoms with E-state index >= 15 is 0 Å². The van der Waals surface area contributed by atoms with Crippen LogP contribution in [0.15, 0.2) is 24.3 Å². The molecule has 0 unspecified atom stereocenters. The maximum atomic E-state index is 9.63. The highest BCUT2D eigenvalue weighted by Gasteiger charge is 2.07. The Bertz CT molecular complexity index is 451. The third kappa shape index (κ3) is 7.20. The molecule has 1 N–H and O–H groups in total. The number of benzene rings is 1. The van der Waals surface area contributed by atoms with Gasteiger partial charge in [-0.1, -0.05) is 38.5 Å². The molecule has 0 aliphatic rings. The van der Waals surface area contributed by atoms with Gasteiger partial charge in [-0.05, 0) is 51.0 Å². The van der Waals surface area contributed by atoms with Crippen molar-refractivity contribution in [1.29, 1.82) is 0 Å². The average Bonchev–Trinajstić information content (AvgIpc) is 2.45. The third-order valence-electron chi connectivity index (χ3n) is 3.31. The Kier molecular flexibility index (Phi) is 7.32. The third-order valence-corrected chi connectivity index (χ3v) is 3.31. The molecule has 2 heteroatoms. The molecular formula is C19H29NO. The lowest BCUT2D eigenvalue weighted by Crippen LogP contribution is -2.25. The van der Waals surface area contributed by atoms with Crippen LogP contribution in [0, 0.1) is 11.8 Å². The summed E-state index contributed by atoms with van der Waals surface area (Å²) in [6.45, 7) is 10.1. The van der Waals surface area contributed by atoms with Crippen LogP contribution in [0.1, 0.15) is 58.9 Å². The van der Waals surface area contributed by atoms with Crippen LogP contribution < -0.4 is 4.90 Å². The summed E-state index contributed by atoms with van der Waals surface area (Å²) in [7, 11) is 0. The molecule has 1 aromatic carbocycles. The van der Waals surface area contributed by atoms with Crippen molar-refractivity contribution in [3.63, 3.8) is 0 Å². The van der Waals surface area contributed by atoms with E-state index in [0.29, 0.717) is 0 Å². The molecular weight excluding hydrogens is 258 g/mol. The van der Waals surface area contributed by atoms with Crippen LogP contribution >= 0.6 is 0 Å². The Morgan fingerprint density at radius 2 is 1.52 bits per heavy atom. The lowest BCUT2D eigenvalue weighted by atomic mass is 10.1. The van der Waals surface area contributed by atoms with Crippen molar-refractivity contribution >= 4 is 5.69 Å². The lowest BCUT2D eigenvalue weighted by molar-refractivity contribution is 0.143. The summed E-state index contributed by atoms with van der Waals surface area (Å²) in [6, 6.07) is 8.36. The van der Waals surface area contributed by atoms with Crippen LogP contribution in [0.3, 0.4) is 0 Å². The van der Waals surface area contributed by atoms with Gasteiger partial charge in [0.1, 0.15) is 5.60 Å². The predicted molar refractivity (Wildman–Crippen MR) is 91.6 cm³/mol. The van der Waals surface area contributed by atoms with Crippen molar-refractivity contribution in [2.45, 2.75) is 59.0 Å². The van der Waals surface area contributed by atoms with Gasteiger partial charge >= 0.3 is 0 Å². The molecule has 0 radical (unpaired) electrons. The van der Waals surface area contributed by atoms with E-state index in [0.717, 1.165) is 18.7 Å². The average molecular weight is 287 g/mol. The minimum Gasteiger partial charge on any atom is -0.378 e. The molecule has 2 nitrogen and oxygen atoms in total. The van der Waals surface area contributed by atoms with Crippen LogP contribution in [-0.2, 0) is 0 Å². The molecule has 0 aliphatic carbocycles. The highest BCUT2D eigenvalue weighted by molar-refractivity contribution is 5.50. The van der Waals surface area contributed by atoms with Gasteiger partial charge in [0.15, 0.2) is 0 Å². The second-order valence-electron chi connectivity index (χ2n) is 6.05. The summed E-state index contributed by atoms with van der Waals surface area (Å²) in [5.74, 6) is 5.87. The van der Waals surface area contributed by atoms with Crippen molar-refractivity contribution in [2.24, 2.45) is 0 Å². The number of aliphatic hydroxyl groups is 1. The first-order valence-corrected chi connectivity index (χ1v) is 8.07. The standard InChI is InChI=1S/C19H29NO/c1-5-7-15-20(16-8-6-2)18-11-9-17(10-12-18)13-14-19(3,4)21/h9-12,21H,5-8,15-16H2,1-4H3. The Morgan fingerprint density at radius 3 is 1.95 bits per heavy atom. The second kappa shape index (κ2) is 8.74. The van der Waals surface area contributed by atoms with E-state index in [1.165, 1.54) is 31.4 Å². The maximum Gasteiger partial charge on any atom is 0.120 e. The largest absolute Gasteiger partial charge is 0.378 e. The number of hydrogen-bond acceptors (Lipinski definition) is 2. The molecule has 1 rings (SSSR count). The van der Waals surface area contributed by atoms with Gasteiger partial charge in [-0.25, -0.2) is 0 Å². The molecule has 0 spiro atoms. The van der Waals surface area contributed by atoms with Gasteiger partial charge in [-0.15, -0.1) is 0 Å². The molecule has 0 bridgehead atoms. The van der Waals surface area contributed by atoms with Crippen molar-refractivity contribution in [3.8, 4) is 11.8 Å². The minimum atomic E-state index is -0.938. The molecule has 0 heterocycles. The van der Waals surface area contributed by atoms with Gasteiger partial charge in [0.05, 0.1) is 0 Å². The fourth-order valence-corrected chi connectivity index (χ4v) is 2.05. The zero-order chi connectivity index (χ0) is 15.7. The smallest absolute Gasteiger partial charge is 0.120 e. The number of nitrogens with zero attached hydrogens (tertiary/aromatic N) is 1. The van der Waals surface area contributed by atoms with E-state index in [2.05, 4.69) is 42.7 Å². The van der Waals surface area contributed by atoms with Gasteiger partial charge in [0.2, 0.25) is 0 Å². The highest BCUT2D eigenvalue weighted by atomic mass is 16.3. The van der Waals surface area contributed by atoms with Crippen molar-refractivity contribution in [2.75, 3.05) is 18.0 Å². The quantitative estimate of drug-likeness (QED) is 0.759. The Labute approximate surface area is 130 Å². The summed E-state index contributed by atoms with van der Waals surface area (Å²) >= 11 is 0. The monoisotopic (exact) mass is 287 g/mol. The molecule has 21 heavy (non-hydrogen) atoms. The summed E-state index contributed by atoms with van der Waals surface area (Å²) in [4.78, 5) is 2.46. The van der Waals surface area contributed by atoms with Crippen LogP contribution in [0.5, 0.6) is 0 Å². The first kappa shape index (κ1) is 17.6. The van der Waals surface area contributed by atoms with Crippen molar-refractivity contribution in [1.82, 2.24) is 0 Å². The SMILES string of the molecule is CCCCN(CCCC)c1ccc(C#CC(C)(C)O)cc1. The summed E-state index contributed by atoms with van der Waals surface area (Å²) in [5.41, 5.74) is 1.28. The van der Waals surface area contributed by atoms with Crippen LogP contribution in [0.4, 0.5) is 5.69 Å². The summed E-state index contributed by atoms with van der Waals surface area (Å²) < 4.78 is 0. The summed E-state index contributed by atoms with van der Waals surface area (Å²) in [6.07, 6.45) is 4.89. The molecule has 0 fully saturated rings. The second-order valence-corrected chi connectivity index (χ2v) is 6.05. The van der Waals surface area contributed by atoms with E-state index < -0.39 is 5.60 Å². The minimum absolute atomic E-state index is 0.938. The zero-order valence-electron chi connectivity index (χ0n) is 13.9. The van der Waals surface area contributed by atoms with Crippen LogP contribution in [0.25, 0.3) is 0 Å². The van der Waals surface area contributed by atoms with Gasteiger partial charge in [-0.3, -0.25) is 0 Å². The zero-order valence-corrected chi connectivity index (χ0v) is 13.9. The van der Waals surface area contributed by atoms with E-state index in [9.17, 15) is 5.11 Å². The van der Waals surface area contributed by atoms with E-state index in [-0.39, 0.29) is 0 Å². The first-order valence-electron chi connectivity index (χ1n) is 8.07. The molecule has 0 aromatic heterocycles. The Morgan fingerprint density at radius 1 is 1.00 bits per heavy atom. The van der Waals surface area contributed by atoms with Crippen LogP contribution in [-0.4, -0.2) is 23.8 Å². The van der Waals surface area contributed by atoms with Crippen LogP contribution in [0.2, 0.25) is 0 Å². The molecule has 116 valence electrons. The van der Waals surface area contributed by atoms with Gasteiger partial charge in [0, 0.05) is 24.3 Å². The molecule has 0 aliphatic heterocycles. The topological polar surface area (TPSA) is 23.5 Å². The molecule has 1 aromatic rings. The van der Waals surface area contributed by atoms with E-state index in [1.807, 2.05) is 12.1 Å². The first-order chi connectivity index (χ1) is 9.96. The molecule has 0 atom stereocenters. The van der Waals surface area contributed by atoms with Gasteiger partial charge < -0.3 is 10.0 Å². The number of hydrogen-bond donors (Lipinski definition) is 1. The highest BCUT2D eigenvalue weighted by Crippen LogP contribution is 2.17. The van der Waals surface area contributed by atoms with Crippen molar-refractivity contribution < 1.29 is 5.11 Å². The number of rotatable bonds is 7. The molecule has 0 saturated carbocycles. The summed E-state index contributed by atoms with van der Waals surface area (Å²) in [5, 5.41) is 9.63. The molecule has 0 amide bonds. The fraction of sp³-hybridized carbons (Fsp3) is 0.579. The maximum absolute atomic E-state index is 9.63. The van der Waals surface area contributed by atoms with Crippen molar-refractivity contribution in [3.05, 3.63) is 29.8 Å². The Hall–Kier alpha value is -1.46. The normalized spacial score (nSPS) is 10.9. The van der Waals surface area contributed by atoms with E-state index in [1.54, 1.807) is 13.8 Å². The number of anilines is 1. The molecule has 0 saturated heterocycles. The number of unbranched alkanes of at least 4 members (excludes halogenated alkanes) is 2. The lowest BCUT2D eigenvalue weighted by Gasteiger charge is -2.24. The predicted octanol–water partition coefficient (Wildman–Crippen LogP) is 4.22. The Balaban J connectivity index is 2.78. The van der Waals surface area contributed by atoms with Gasteiger partial charge in [0.25, 0.3) is 0 Å².